The second-order valence-corrected chi connectivity index (χ2v) is 18.0. The Morgan fingerprint density at radius 2 is 1.34 bits per heavy atom. The smallest absolute Gasteiger partial charge is 0.242 e. The summed E-state index contributed by atoms with van der Waals surface area (Å²) in [6, 6.07) is 24.4. The lowest BCUT2D eigenvalue weighted by Gasteiger charge is -2.42. The third kappa shape index (κ3) is 7.37. The average molecular weight is 823 g/mol. The summed E-state index contributed by atoms with van der Waals surface area (Å²) in [4.78, 5) is 14.6. The highest BCUT2D eigenvalue weighted by molar-refractivity contribution is 5.91. The summed E-state index contributed by atoms with van der Waals surface area (Å²) in [7, 11) is 1.69. The van der Waals surface area contributed by atoms with Gasteiger partial charge in [0.15, 0.2) is 0 Å². The van der Waals surface area contributed by atoms with Gasteiger partial charge in [-0.05, 0) is 142 Å². The van der Waals surface area contributed by atoms with Crippen molar-refractivity contribution in [1.82, 2.24) is 30.0 Å². The Hall–Kier alpha value is -4.94. The monoisotopic (exact) mass is 822 g/mol. The molecule has 6 aliphatic heterocycles. The Balaban J connectivity index is 1.08. The molecule has 4 bridgehead atoms. The molecule has 318 valence electrons. The van der Waals surface area contributed by atoms with Crippen molar-refractivity contribution in [3.8, 4) is 17.5 Å². The molecule has 6 aliphatic rings. The van der Waals surface area contributed by atoms with Gasteiger partial charge < -0.3 is 24.4 Å². The van der Waals surface area contributed by atoms with E-state index < -0.39 is 11.7 Å². The highest BCUT2D eigenvalue weighted by Crippen LogP contribution is 2.47. The van der Waals surface area contributed by atoms with Crippen molar-refractivity contribution in [3.05, 3.63) is 102 Å². The molecule has 6 aromatic rings. The third-order valence-electron chi connectivity index (χ3n) is 15.2. The van der Waals surface area contributed by atoms with Gasteiger partial charge in [-0.2, -0.15) is 0 Å². The fourth-order valence-electron chi connectivity index (χ4n) is 11.6. The molecule has 0 saturated carbocycles. The lowest BCUT2D eigenvalue weighted by Crippen LogP contribution is -2.47. The van der Waals surface area contributed by atoms with E-state index in [2.05, 4.69) is 54.0 Å². The summed E-state index contributed by atoms with van der Waals surface area (Å²) >= 11 is 0. The van der Waals surface area contributed by atoms with E-state index in [1.54, 1.807) is 7.11 Å². The molecular weight excluding hydrogens is 765 g/mol. The number of hydrogen-bond acceptors (Lipinski definition) is 11. The van der Waals surface area contributed by atoms with E-state index in [0.717, 1.165) is 113 Å². The van der Waals surface area contributed by atoms with E-state index in [4.69, 9.17) is 34.4 Å². The zero-order valence-corrected chi connectivity index (χ0v) is 35.6. The zero-order valence-electron chi connectivity index (χ0n) is 35.6. The standard InChI is InChI=1S/C50H58N6O5/c1-4-32-16-22-55-23-17-33(32)27-44(55)46(36-14-20-51-42-12-10-31(30-57)26-40(36)42)60-48-38-8-6-7-9-39(38)49(54-53-48)61-47(37-15-21-52-43-13-11-35(59-3)29-41(37)43)45-28-34-18-24-56(45)25-19-50(34,58)5-2/h6-15,20-21,26,29,32-34,44-47,57-58H,4-5,16-19,22-25,27-28,30H2,1-3H3/t32-,33?,34?,44+,45+,46+,47-,50?/m0/s1. The molecule has 3 aromatic heterocycles. The van der Waals surface area contributed by atoms with Gasteiger partial charge in [-0.1, -0.05) is 38.5 Å². The van der Waals surface area contributed by atoms with Gasteiger partial charge in [0, 0.05) is 40.8 Å². The van der Waals surface area contributed by atoms with Crippen LogP contribution in [0.15, 0.2) is 85.2 Å². The minimum absolute atomic E-state index is 0.0209. The van der Waals surface area contributed by atoms with Crippen LogP contribution in [0.4, 0.5) is 0 Å². The molecular formula is C50H58N6O5. The lowest BCUT2D eigenvalue weighted by atomic mass is 9.76. The van der Waals surface area contributed by atoms with Crippen LogP contribution < -0.4 is 14.2 Å². The van der Waals surface area contributed by atoms with Crippen LogP contribution in [0, 0.1) is 17.8 Å². The van der Waals surface area contributed by atoms with Gasteiger partial charge in [0.2, 0.25) is 11.8 Å². The Morgan fingerprint density at radius 3 is 2.00 bits per heavy atom. The van der Waals surface area contributed by atoms with E-state index >= 15 is 0 Å². The molecule has 6 saturated heterocycles. The molecule has 9 heterocycles. The molecule has 2 N–H and O–H groups in total. The maximum absolute atomic E-state index is 11.9. The SMILES string of the molecule is CC[C@H]1CCN2CCC1C[C@@H]2[C@H](Oc1nnc(O[C@@H](c2ccnc3ccc(OC)cc23)[C@H]2CC3CCN2CCC3(O)CC)c2ccccc12)c1ccnc2ccc(CO)cc12. The predicted octanol–water partition coefficient (Wildman–Crippen LogP) is 8.60. The number of hydrogen-bond donors (Lipinski definition) is 2. The molecule has 61 heavy (non-hydrogen) atoms. The largest absolute Gasteiger partial charge is 0.497 e. The van der Waals surface area contributed by atoms with Crippen LogP contribution in [0.3, 0.4) is 0 Å². The normalized spacial score (nSPS) is 28.4. The maximum atomic E-state index is 11.9. The van der Waals surface area contributed by atoms with Crippen LogP contribution in [0.5, 0.6) is 17.5 Å². The fraction of sp³-hybridized carbons (Fsp3) is 0.480. The second-order valence-electron chi connectivity index (χ2n) is 18.0. The van der Waals surface area contributed by atoms with E-state index in [9.17, 15) is 10.2 Å². The number of nitrogens with zero attached hydrogens (tertiary/aromatic N) is 6. The summed E-state index contributed by atoms with van der Waals surface area (Å²) in [5.41, 5.74) is 3.91. The molecule has 0 aliphatic carbocycles. The van der Waals surface area contributed by atoms with Gasteiger partial charge in [0.25, 0.3) is 0 Å². The number of benzene rings is 3. The van der Waals surface area contributed by atoms with Crippen LogP contribution in [0.25, 0.3) is 32.6 Å². The van der Waals surface area contributed by atoms with Crippen molar-refractivity contribution in [2.24, 2.45) is 17.8 Å². The summed E-state index contributed by atoms with van der Waals surface area (Å²) < 4.78 is 20.4. The molecule has 0 spiro atoms. The maximum Gasteiger partial charge on any atom is 0.242 e. The van der Waals surface area contributed by atoms with Crippen molar-refractivity contribution in [1.29, 1.82) is 0 Å². The van der Waals surface area contributed by atoms with Crippen molar-refractivity contribution in [2.45, 2.75) is 102 Å². The lowest BCUT2D eigenvalue weighted by molar-refractivity contribution is -0.0403. The van der Waals surface area contributed by atoms with E-state index in [1.807, 2.05) is 54.9 Å². The van der Waals surface area contributed by atoms with Crippen molar-refractivity contribution in [3.63, 3.8) is 0 Å². The molecule has 0 radical (unpaired) electrons. The number of rotatable bonds is 12. The van der Waals surface area contributed by atoms with Gasteiger partial charge >= 0.3 is 0 Å². The quantitative estimate of drug-likeness (QED) is 0.123. The van der Waals surface area contributed by atoms with Gasteiger partial charge in [-0.15, -0.1) is 10.2 Å². The van der Waals surface area contributed by atoms with Crippen molar-refractivity contribution in [2.75, 3.05) is 33.3 Å². The number of ether oxygens (including phenoxy) is 3. The number of fused-ring (bicyclic) bond motifs is 11. The highest BCUT2D eigenvalue weighted by Gasteiger charge is 2.48. The predicted molar refractivity (Wildman–Crippen MR) is 237 cm³/mol. The number of piperidine rings is 2. The molecule has 6 fully saturated rings. The topological polar surface area (TPSA) is 126 Å². The first kappa shape index (κ1) is 40.2. The van der Waals surface area contributed by atoms with Crippen LogP contribution in [-0.4, -0.2) is 91.2 Å². The molecule has 11 nitrogen and oxygen atoms in total. The Morgan fingerprint density at radius 1 is 0.721 bits per heavy atom. The summed E-state index contributed by atoms with van der Waals surface area (Å²) in [5.74, 6) is 3.14. The Bertz CT molecular complexity index is 2540. The molecule has 0 amide bonds. The van der Waals surface area contributed by atoms with Crippen LogP contribution >= 0.6 is 0 Å². The fourth-order valence-corrected chi connectivity index (χ4v) is 11.6. The first-order chi connectivity index (χ1) is 29.9. The first-order valence-electron chi connectivity index (χ1n) is 22.6. The van der Waals surface area contributed by atoms with E-state index in [-0.39, 0.29) is 30.7 Å². The Labute approximate surface area is 358 Å². The molecule has 10 atom stereocenters. The molecule has 12 rings (SSSR count). The van der Waals surface area contributed by atoms with Gasteiger partial charge in [0.1, 0.15) is 18.0 Å². The highest BCUT2D eigenvalue weighted by atomic mass is 16.5. The number of pyridine rings is 2. The summed E-state index contributed by atoms with van der Waals surface area (Å²) in [6.07, 6.45) is 10.8. The Kier molecular flexibility index (Phi) is 11.0. The summed E-state index contributed by atoms with van der Waals surface area (Å²) in [6.45, 7) is 8.16. The number of aromatic nitrogens is 4. The molecule has 5 unspecified atom stereocenters. The first-order valence-corrected chi connectivity index (χ1v) is 22.6. The van der Waals surface area contributed by atoms with Gasteiger partial charge in [0.05, 0.1) is 53.2 Å². The minimum Gasteiger partial charge on any atom is -0.497 e. The molecule has 11 heteroatoms. The van der Waals surface area contributed by atoms with Gasteiger partial charge in [-0.25, -0.2) is 0 Å². The zero-order chi connectivity index (χ0) is 41.7. The van der Waals surface area contributed by atoms with Crippen molar-refractivity contribution < 1.29 is 24.4 Å². The van der Waals surface area contributed by atoms with Crippen LogP contribution in [-0.2, 0) is 6.61 Å². The van der Waals surface area contributed by atoms with Crippen LogP contribution in [0.2, 0.25) is 0 Å². The number of aliphatic hydroxyl groups is 2. The summed E-state index contributed by atoms with van der Waals surface area (Å²) in [5, 5.41) is 35.5. The number of aliphatic hydroxyl groups excluding tert-OH is 1. The van der Waals surface area contributed by atoms with Gasteiger partial charge in [-0.3, -0.25) is 19.8 Å². The van der Waals surface area contributed by atoms with Crippen molar-refractivity contribution >= 4 is 32.6 Å². The average Bonchev–Trinajstić information content (AvgIpc) is 3.76. The minimum atomic E-state index is -0.704. The second kappa shape index (κ2) is 16.7. The molecule has 3 aromatic carbocycles. The number of methoxy groups -OCH3 is 1. The van der Waals surface area contributed by atoms with E-state index in [0.29, 0.717) is 23.6 Å². The van der Waals surface area contributed by atoms with Crippen LogP contribution in [0.1, 0.15) is 94.1 Å². The van der Waals surface area contributed by atoms with E-state index in [1.165, 1.54) is 19.3 Å². The third-order valence-corrected chi connectivity index (χ3v) is 15.2.